The van der Waals surface area contributed by atoms with Crippen molar-refractivity contribution in [3.63, 3.8) is 0 Å². The van der Waals surface area contributed by atoms with E-state index in [4.69, 9.17) is 19.3 Å². The van der Waals surface area contributed by atoms with E-state index in [1.165, 1.54) is 6.92 Å². The second-order valence-electron chi connectivity index (χ2n) is 5.27. The number of carboxylic acid groups (broad SMARTS) is 1. The monoisotopic (exact) mass is 360 g/mol. The standard InChI is InChI=1S/2C10H12O3/c1-8(11)12-9(2)13-10-6-4-3-5-7-10;1-2-9(10(11)12)13-8-6-4-3-5-7-8/h3-7,9H,1-2H3;3-7,9H,2H2,1H3,(H,11,12). The smallest absolute Gasteiger partial charge is 0.344 e. The van der Waals surface area contributed by atoms with Crippen LogP contribution < -0.4 is 9.47 Å². The highest BCUT2D eigenvalue weighted by molar-refractivity contribution is 5.72. The first-order valence-corrected chi connectivity index (χ1v) is 8.25. The van der Waals surface area contributed by atoms with E-state index in [2.05, 4.69) is 0 Å². The minimum atomic E-state index is -0.925. The van der Waals surface area contributed by atoms with Crippen LogP contribution in [0.2, 0.25) is 0 Å². The van der Waals surface area contributed by atoms with Crippen molar-refractivity contribution < 1.29 is 28.9 Å². The van der Waals surface area contributed by atoms with Crippen LogP contribution in [0.1, 0.15) is 27.2 Å². The van der Waals surface area contributed by atoms with Gasteiger partial charge in [-0.15, -0.1) is 0 Å². The van der Waals surface area contributed by atoms with Crippen molar-refractivity contribution in [3.05, 3.63) is 60.7 Å². The van der Waals surface area contributed by atoms with Crippen LogP contribution in [0.25, 0.3) is 0 Å². The van der Waals surface area contributed by atoms with Gasteiger partial charge in [-0.2, -0.15) is 0 Å². The molecule has 0 aliphatic heterocycles. The number of carboxylic acids is 1. The number of esters is 1. The van der Waals surface area contributed by atoms with Gasteiger partial charge in [0, 0.05) is 13.8 Å². The van der Waals surface area contributed by atoms with E-state index in [9.17, 15) is 9.59 Å². The van der Waals surface area contributed by atoms with Gasteiger partial charge in [0.1, 0.15) is 11.5 Å². The molecule has 0 heterocycles. The van der Waals surface area contributed by atoms with E-state index in [-0.39, 0.29) is 5.97 Å². The summed E-state index contributed by atoms with van der Waals surface area (Å²) in [5.74, 6) is 0.0165. The first-order valence-electron chi connectivity index (χ1n) is 8.25. The van der Waals surface area contributed by atoms with E-state index in [0.717, 1.165) is 0 Å². The fourth-order valence-electron chi connectivity index (χ4n) is 1.92. The SMILES string of the molecule is CC(=O)OC(C)Oc1ccccc1.CCC(Oc1ccccc1)C(=O)O. The van der Waals surface area contributed by atoms with Crippen molar-refractivity contribution in [2.24, 2.45) is 0 Å². The number of benzene rings is 2. The number of hydrogen-bond acceptors (Lipinski definition) is 5. The molecule has 0 radical (unpaired) electrons. The summed E-state index contributed by atoms with van der Waals surface area (Å²) in [5, 5.41) is 8.71. The Morgan fingerprint density at radius 2 is 1.38 bits per heavy atom. The van der Waals surface area contributed by atoms with Gasteiger partial charge >= 0.3 is 11.9 Å². The van der Waals surface area contributed by atoms with Crippen molar-refractivity contribution in [2.75, 3.05) is 0 Å². The molecule has 2 aromatic rings. The minimum absolute atomic E-state index is 0.344. The summed E-state index contributed by atoms with van der Waals surface area (Å²) in [4.78, 5) is 21.2. The van der Waals surface area contributed by atoms with E-state index in [1.54, 1.807) is 38.1 Å². The normalized spacial score (nSPS) is 12.0. The average Bonchev–Trinajstić information content (AvgIpc) is 2.61. The van der Waals surface area contributed by atoms with E-state index >= 15 is 0 Å². The molecule has 0 spiro atoms. The summed E-state index contributed by atoms with van der Waals surface area (Å²) in [6, 6.07) is 18.2. The Morgan fingerprint density at radius 1 is 0.923 bits per heavy atom. The first-order chi connectivity index (χ1) is 12.4. The zero-order valence-corrected chi connectivity index (χ0v) is 15.1. The molecule has 0 saturated heterocycles. The summed E-state index contributed by atoms with van der Waals surface area (Å²) in [5.41, 5.74) is 0. The average molecular weight is 360 g/mol. The lowest BCUT2D eigenvalue weighted by molar-refractivity contribution is -0.158. The lowest BCUT2D eigenvalue weighted by Gasteiger charge is -2.13. The molecule has 0 fully saturated rings. The van der Waals surface area contributed by atoms with Crippen LogP contribution in [-0.2, 0) is 14.3 Å². The number of hydrogen-bond donors (Lipinski definition) is 1. The molecule has 0 aromatic heterocycles. The Bertz CT molecular complexity index is 657. The van der Waals surface area contributed by atoms with Crippen LogP contribution in [0.15, 0.2) is 60.7 Å². The van der Waals surface area contributed by atoms with Crippen LogP contribution in [0.3, 0.4) is 0 Å². The highest BCUT2D eigenvalue weighted by Gasteiger charge is 2.15. The molecular formula is C20H24O6. The highest BCUT2D eigenvalue weighted by Crippen LogP contribution is 2.12. The third kappa shape index (κ3) is 8.73. The van der Waals surface area contributed by atoms with Crippen molar-refractivity contribution in [1.82, 2.24) is 0 Å². The molecule has 2 aromatic carbocycles. The number of rotatable bonds is 7. The Hall–Kier alpha value is -3.02. The number of carbonyl (C=O) groups is 2. The summed E-state index contributed by atoms with van der Waals surface area (Å²) < 4.78 is 15.3. The van der Waals surface area contributed by atoms with Crippen molar-refractivity contribution in [1.29, 1.82) is 0 Å². The fraction of sp³-hybridized carbons (Fsp3) is 0.300. The molecular weight excluding hydrogens is 336 g/mol. The van der Waals surface area contributed by atoms with Gasteiger partial charge in [-0.25, -0.2) is 4.79 Å². The first kappa shape index (κ1) is 21.0. The van der Waals surface area contributed by atoms with Crippen molar-refractivity contribution in [3.8, 4) is 11.5 Å². The maximum Gasteiger partial charge on any atom is 0.344 e. The Balaban J connectivity index is 0.000000260. The predicted octanol–water partition coefficient (Wildman–Crippen LogP) is 3.90. The largest absolute Gasteiger partial charge is 0.479 e. The van der Waals surface area contributed by atoms with Gasteiger partial charge in [0.05, 0.1) is 0 Å². The van der Waals surface area contributed by atoms with Crippen LogP contribution in [0, 0.1) is 0 Å². The maximum atomic E-state index is 10.6. The van der Waals surface area contributed by atoms with Crippen LogP contribution in [-0.4, -0.2) is 29.4 Å². The second-order valence-corrected chi connectivity index (χ2v) is 5.27. The quantitative estimate of drug-likeness (QED) is 0.596. The molecule has 0 saturated carbocycles. The Labute approximate surface area is 153 Å². The Kier molecular flexibility index (Phi) is 9.31. The van der Waals surface area contributed by atoms with E-state index in [0.29, 0.717) is 17.9 Å². The summed E-state index contributed by atoms with van der Waals surface area (Å²) in [6.45, 7) is 4.81. The molecule has 2 unspecified atom stereocenters. The molecule has 2 rings (SSSR count). The lowest BCUT2D eigenvalue weighted by Crippen LogP contribution is -2.25. The third-order valence-corrected chi connectivity index (χ3v) is 3.04. The van der Waals surface area contributed by atoms with Gasteiger partial charge in [0.15, 0.2) is 6.10 Å². The second kappa shape index (κ2) is 11.5. The summed E-state index contributed by atoms with van der Waals surface area (Å²) in [7, 11) is 0. The van der Waals surface area contributed by atoms with E-state index in [1.807, 2.05) is 36.4 Å². The van der Waals surface area contributed by atoms with Gasteiger partial charge < -0.3 is 19.3 Å². The number of carbonyl (C=O) groups excluding carboxylic acids is 1. The van der Waals surface area contributed by atoms with Crippen LogP contribution in [0.4, 0.5) is 0 Å². The minimum Gasteiger partial charge on any atom is -0.479 e. The number of para-hydroxylation sites is 2. The number of aliphatic carboxylic acids is 1. The van der Waals surface area contributed by atoms with Gasteiger partial charge in [-0.05, 0) is 30.7 Å². The lowest BCUT2D eigenvalue weighted by atomic mass is 10.3. The summed E-state index contributed by atoms with van der Waals surface area (Å²) >= 11 is 0. The summed E-state index contributed by atoms with van der Waals surface area (Å²) in [6.07, 6.45) is -0.827. The Morgan fingerprint density at radius 3 is 1.77 bits per heavy atom. The highest BCUT2D eigenvalue weighted by atomic mass is 16.7. The molecule has 0 amide bonds. The fourth-order valence-corrected chi connectivity index (χ4v) is 1.92. The zero-order chi connectivity index (χ0) is 19.4. The van der Waals surface area contributed by atoms with Crippen LogP contribution in [0.5, 0.6) is 11.5 Å². The van der Waals surface area contributed by atoms with Crippen molar-refractivity contribution >= 4 is 11.9 Å². The molecule has 6 heteroatoms. The molecule has 1 N–H and O–H groups in total. The molecule has 0 aliphatic carbocycles. The molecule has 26 heavy (non-hydrogen) atoms. The van der Waals surface area contributed by atoms with Gasteiger partial charge in [-0.3, -0.25) is 4.79 Å². The molecule has 0 aliphatic rings. The maximum absolute atomic E-state index is 10.6. The third-order valence-electron chi connectivity index (χ3n) is 3.04. The van der Waals surface area contributed by atoms with Gasteiger partial charge in [0.25, 0.3) is 0 Å². The van der Waals surface area contributed by atoms with Gasteiger partial charge in [0.2, 0.25) is 6.29 Å². The van der Waals surface area contributed by atoms with Crippen LogP contribution >= 0.6 is 0 Å². The topological polar surface area (TPSA) is 82.1 Å². The van der Waals surface area contributed by atoms with E-state index < -0.39 is 18.4 Å². The zero-order valence-electron chi connectivity index (χ0n) is 15.1. The molecule has 0 bridgehead atoms. The molecule has 6 nitrogen and oxygen atoms in total. The molecule has 2 atom stereocenters. The number of ether oxygens (including phenoxy) is 3. The predicted molar refractivity (Wildman–Crippen MR) is 97.1 cm³/mol. The molecule has 140 valence electrons. The van der Waals surface area contributed by atoms with Gasteiger partial charge in [-0.1, -0.05) is 43.3 Å². The van der Waals surface area contributed by atoms with Crippen molar-refractivity contribution in [2.45, 2.75) is 39.6 Å².